The Labute approximate surface area is 161 Å². The number of nitrogens with one attached hydrogen (secondary N) is 1. The van der Waals surface area contributed by atoms with Gasteiger partial charge in [-0.05, 0) is 49.2 Å². The molecule has 2 aromatic carbocycles. The zero-order chi connectivity index (χ0) is 19.1. The van der Waals surface area contributed by atoms with E-state index in [0.29, 0.717) is 12.1 Å². The van der Waals surface area contributed by atoms with Crippen LogP contribution in [-0.2, 0) is 6.54 Å². The predicted octanol–water partition coefficient (Wildman–Crippen LogP) is 3.54. The monoisotopic (exact) mass is 362 g/mol. The van der Waals surface area contributed by atoms with Crippen molar-refractivity contribution in [3.8, 4) is 6.07 Å². The maximum absolute atomic E-state index is 12.8. The molecule has 27 heavy (non-hydrogen) atoms. The second-order valence-electron chi connectivity index (χ2n) is 7.09. The van der Waals surface area contributed by atoms with Crippen molar-refractivity contribution >= 4 is 6.03 Å². The predicted molar refractivity (Wildman–Crippen MR) is 106 cm³/mol. The van der Waals surface area contributed by atoms with Crippen LogP contribution >= 0.6 is 0 Å². The quantitative estimate of drug-likeness (QED) is 0.855. The normalized spacial score (nSPS) is 15.1. The number of likely N-dealkylation sites (tertiary alicyclic amines) is 1. The average molecular weight is 362 g/mol. The van der Waals surface area contributed by atoms with Gasteiger partial charge in [0.25, 0.3) is 0 Å². The van der Waals surface area contributed by atoms with E-state index in [4.69, 9.17) is 5.26 Å². The smallest absolute Gasteiger partial charge is 0.317 e. The summed E-state index contributed by atoms with van der Waals surface area (Å²) in [7, 11) is 1.78. The summed E-state index contributed by atoms with van der Waals surface area (Å²) in [4.78, 5) is 16.9. The Morgan fingerprint density at radius 1 is 1.19 bits per heavy atom. The van der Waals surface area contributed by atoms with Gasteiger partial charge in [0.2, 0.25) is 0 Å². The van der Waals surface area contributed by atoms with Crippen molar-refractivity contribution in [2.45, 2.75) is 25.4 Å². The number of rotatable bonds is 6. The fourth-order valence-corrected chi connectivity index (χ4v) is 3.49. The van der Waals surface area contributed by atoms with Gasteiger partial charge in [0.05, 0.1) is 17.7 Å². The highest BCUT2D eigenvalue weighted by molar-refractivity contribution is 5.74. The number of urea groups is 1. The standard InChI is InChI=1S/C22H26N4O/c1-25(16-19-9-7-8-18(14-19)15-23)22(27)24-21(17-26-12-5-6-13-26)20-10-3-2-4-11-20/h2-4,7-11,14,21H,5-6,12-13,16-17H2,1H3,(H,24,27). The zero-order valence-electron chi connectivity index (χ0n) is 15.8. The van der Waals surface area contributed by atoms with Crippen LogP contribution in [-0.4, -0.2) is 42.5 Å². The maximum Gasteiger partial charge on any atom is 0.317 e. The molecular weight excluding hydrogens is 336 g/mol. The average Bonchev–Trinajstić information content (AvgIpc) is 3.21. The highest BCUT2D eigenvalue weighted by Gasteiger charge is 2.22. The van der Waals surface area contributed by atoms with Gasteiger partial charge in [0, 0.05) is 20.1 Å². The molecule has 1 saturated heterocycles. The molecule has 5 heteroatoms. The molecule has 1 fully saturated rings. The van der Waals surface area contributed by atoms with Crippen LogP contribution in [0.2, 0.25) is 0 Å². The maximum atomic E-state index is 12.8. The Hall–Kier alpha value is -2.84. The van der Waals surface area contributed by atoms with Gasteiger partial charge in [-0.1, -0.05) is 42.5 Å². The van der Waals surface area contributed by atoms with Crippen molar-refractivity contribution in [3.63, 3.8) is 0 Å². The van der Waals surface area contributed by atoms with Crippen LogP contribution in [0.1, 0.15) is 35.6 Å². The lowest BCUT2D eigenvalue weighted by Crippen LogP contribution is -2.42. The minimum atomic E-state index is -0.106. The fraction of sp³-hybridized carbons (Fsp3) is 0.364. The number of carbonyl (C=O) groups is 1. The molecule has 0 spiro atoms. The summed E-state index contributed by atoms with van der Waals surface area (Å²) < 4.78 is 0. The lowest BCUT2D eigenvalue weighted by Gasteiger charge is -2.27. The van der Waals surface area contributed by atoms with E-state index in [2.05, 4.69) is 28.4 Å². The molecule has 0 saturated carbocycles. The third-order valence-electron chi connectivity index (χ3n) is 4.96. The Morgan fingerprint density at radius 3 is 2.63 bits per heavy atom. The van der Waals surface area contributed by atoms with Crippen molar-refractivity contribution in [1.82, 2.24) is 15.1 Å². The van der Waals surface area contributed by atoms with Gasteiger partial charge in [-0.3, -0.25) is 0 Å². The van der Waals surface area contributed by atoms with Crippen LogP contribution in [0.5, 0.6) is 0 Å². The number of amides is 2. The van der Waals surface area contributed by atoms with Gasteiger partial charge >= 0.3 is 6.03 Å². The van der Waals surface area contributed by atoms with E-state index in [1.54, 1.807) is 18.0 Å². The summed E-state index contributed by atoms with van der Waals surface area (Å²) in [5.74, 6) is 0. The second kappa shape index (κ2) is 9.20. The Balaban J connectivity index is 1.66. The fourth-order valence-electron chi connectivity index (χ4n) is 3.49. The minimum absolute atomic E-state index is 0.0373. The topological polar surface area (TPSA) is 59.4 Å². The van der Waals surface area contributed by atoms with Gasteiger partial charge < -0.3 is 15.1 Å². The number of nitriles is 1. The van der Waals surface area contributed by atoms with Gasteiger partial charge in [-0.2, -0.15) is 5.26 Å². The van der Waals surface area contributed by atoms with E-state index in [1.165, 1.54) is 12.8 Å². The molecule has 1 heterocycles. The number of hydrogen-bond donors (Lipinski definition) is 1. The van der Waals surface area contributed by atoms with Crippen LogP contribution in [0.4, 0.5) is 4.79 Å². The van der Waals surface area contributed by atoms with Crippen LogP contribution in [0, 0.1) is 11.3 Å². The van der Waals surface area contributed by atoms with Gasteiger partial charge in [0.15, 0.2) is 0 Å². The summed E-state index contributed by atoms with van der Waals surface area (Å²) in [6.07, 6.45) is 2.45. The number of carbonyl (C=O) groups excluding carboxylic acids is 1. The molecule has 0 aromatic heterocycles. The van der Waals surface area contributed by atoms with E-state index in [0.717, 1.165) is 30.8 Å². The molecule has 5 nitrogen and oxygen atoms in total. The molecule has 2 aromatic rings. The summed E-state index contributed by atoms with van der Waals surface area (Å²) in [6, 6.07) is 19.5. The van der Waals surface area contributed by atoms with Crippen molar-refractivity contribution < 1.29 is 4.79 Å². The van der Waals surface area contributed by atoms with E-state index >= 15 is 0 Å². The minimum Gasteiger partial charge on any atom is -0.330 e. The molecule has 1 atom stereocenters. The molecule has 1 N–H and O–H groups in total. The van der Waals surface area contributed by atoms with E-state index in [9.17, 15) is 4.79 Å². The van der Waals surface area contributed by atoms with Crippen molar-refractivity contribution in [2.24, 2.45) is 0 Å². The molecule has 1 aliphatic heterocycles. The van der Waals surface area contributed by atoms with Crippen molar-refractivity contribution in [1.29, 1.82) is 5.26 Å². The zero-order valence-corrected chi connectivity index (χ0v) is 15.8. The molecule has 140 valence electrons. The Kier molecular flexibility index (Phi) is 6.45. The number of hydrogen-bond acceptors (Lipinski definition) is 3. The summed E-state index contributed by atoms with van der Waals surface area (Å²) in [6.45, 7) is 3.48. The van der Waals surface area contributed by atoms with Crippen LogP contribution < -0.4 is 5.32 Å². The molecule has 0 radical (unpaired) electrons. The third kappa shape index (κ3) is 5.32. The van der Waals surface area contributed by atoms with Crippen molar-refractivity contribution in [3.05, 3.63) is 71.3 Å². The summed E-state index contributed by atoms with van der Waals surface area (Å²) in [5.41, 5.74) is 2.68. The number of benzene rings is 2. The summed E-state index contributed by atoms with van der Waals surface area (Å²) >= 11 is 0. The molecular formula is C22H26N4O. The molecule has 0 bridgehead atoms. The highest BCUT2D eigenvalue weighted by Crippen LogP contribution is 2.18. The first-order valence-electron chi connectivity index (χ1n) is 9.43. The van der Waals surface area contributed by atoms with E-state index in [1.807, 2.05) is 36.4 Å². The first kappa shape index (κ1) is 18.9. The van der Waals surface area contributed by atoms with E-state index in [-0.39, 0.29) is 12.1 Å². The molecule has 0 aliphatic carbocycles. The lowest BCUT2D eigenvalue weighted by molar-refractivity contribution is 0.197. The lowest BCUT2D eigenvalue weighted by atomic mass is 10.1. The highest BCUT2D eigenvalue weighted by atomic mass is 16.2. The molecule has 1 unspecified atom stereocenters. The second-order valence-corrected chi connectivity index (χ2v) is 7.09. The van der Waals surface area contributed by atoms with Crippen molar-refractivity contribution in [2.75, 3.05) is 26.7 Å². The SMILES string of the molecule is CN(Cc1cccc(C#N)c1)C(=O)NC(CN1CCCC1)c1ccccc1. The van der Waals surface area contributed by atoms with Crippen LogP contribution in [0.25, 0.3) is 0 Å². The van der Waals surface area contributed by atoms with Gasteiger partial charge in [-0.25, -0.2) is 4.79 Å². The van der Waals surface area contributed by atoms with Crippen LogP contribution in [0.15, 0.2) is 54.6 Å². The first-order chi connectivity index (χ1) is 13.2. The molecule has 3 rings (SSSR count). The van der Waals surface area contributed by atoms with Gasteiger partial charge in [0.1, 0.15) is 0 Å². The van der Waals surface area contributed by atoms with Gasteiger partial charge in [-0.15, -0.1) is 0 Å². The number of nitrogens with zero attached hydrogens (tertiary/aromatic N) is 3. The first-order valence-corrected chi connectivity index (χ1v) is 9.43. The van der Waals surface area contributed by atoms with Crippen LogP contribution in [0.3, 0.4) is 0 Å². The molecule has 2 amide bonds. The summed E-state index contributed by atoms with van der Waals surface area (Å²) in [5, 5.41) is 12.2. The van der Waals surface area contributed by atoms with E-state index < -0.39 is 0 Å². The Bertz CT molecular complexity index is 793. The molecule has 1 aliphatic rings. The Morgan fingerprint density at radius 2 is 1.93 bits per heavy atom. The largest absolute Gasteiger partial charge is 0.330 e. The third-order valence-corrected chi connectivity index (χ3v) is 4.96.